The van der Waals surface area contributed by atoms with Crippen molar-refractivity contribution in [3.05, 3.63) is 60.3 Å². The average Bonchev–Trinajstić information content (AvgIpc) is 2.97. The molecule has 1 aromatic carbocycles. The third-order valence-corrected chi connectivity index (χ3v) is 3.50. The SMILES string of the molecule is CCn1ccnc1C(NN)c1cccc2ncccc12. The lowest BCUT2D eigenvalue weighted by Gasteiger charge is -2.18. The number of pyridine rings is 1. The van der Waals surface area contributed by atoms with E-state index < -0.39 is 0 Å². The minimum Gasteiger partial charge on any atom is -0.334 e. The van der Waals surface area contributed by atoms with E-state index in [1.807, 2.05) is 24.4 Å². The normalized spacial score (nSPS) is 12.7. The largest absolute Gasteiger partial charge is 0.334 e. The van der Waals surface area contributed by atoms with Crippen LogP contribution in [0.4, 0.5) is 0 Å². The molecule has 0 saturated heterocycles. The molecule has 3 rings (SSSR count). The summed E-state index contributed by atoms with van der Waals surface area (Å²) in [5, 5.41) is 1.09. The lowest BCUT2D eigenvalue weighted by Crippen LogP contribution is -2.31. The van der Waals surface area contributed by atoms with E-state index in [1.54, 1.807) is 12.4 Å². The highest BCUT2D eigenvalue weighted by atomic mass is 15.3. The Morgan fingerprint density at radius 2 is 2.10 bits per heavy atom. The van der Waals surface area contributed by atoms with Gasteiger partial charge in [-0.2, -0.15) is 0 Å². The van der Waals surface area contributed by atoms with Crippen LogP contribution < -0.4 is 11.3 Å². The Labute approximate surface area is 117 Å². The van der Waals surface area contributed by atoms with Crippen LogP contribution in [0.1, 0.15) is 24.4 Å². The Morgan fingerprint density at radius 1 is 1.20 bits per heavy atom. The van der Waals surface area contributed by atoms with Crippen LogP contribution in [0, 0.1) is 0 Å². The maximum absolute atomic E-state index is 5.79. The zero-order valence-corrected chi connectivity index (χ0v) is 11.3. The number of nitrogens with one attached hydrogen (secondary N) is 1. The van der Waals surface area contributed by atoms with E-state index in [-0.39, 0.29) is 6.04 Å². The predicted molar refractivity (Wildman–Crippen MR) is 78.8 cm³/mol. The molecule has 0 fully saturated rings. The fraction of sp³-hybridized carbons (Fsp3) is 0.200. The first-order valence-corrected chi connectivity index (χ1v) is 6.66. The Balaban J connectivity index is 2.17. The van der Waals surface area contributed by atoms with E-state index in [2.05, 4.69) is 39.0 Å². The Hall–Kier alpha value is -2.24. The quantitative estimate of drug-likeness (QED) is 0.560. The number of aromatic nitrogens is 3. The van der Waals surface area contributed by atoms with E-state index >= 15 is 0 Å². The molecule has 0 radical (unpaired) electrons. The van der Waals surface area contributed by atoms with Crippen LogP contribution in [0.15, 0.2) is 48.9 Å². The number of benzene rings is 1. The zero-order chi connectivity index (χ0) is 13.9. The van der Waals surface area contributed by atoms with Crippen LogP contribution in [0.3, 0.4) is 0 Å². The molecule has 3 aromatic rings. The van der Waals surface area contributed by atoms with Crippen LogP contribution in [0.2, 0.25) is 0 Å². The van der Waals surface area contributed by atoms with Gasteiger partial charge >= 0.3 is 0 Å². The van der Waals surface area contributed by atoms with Crippen molar-refractivity contribution in [2.24, 2.45) is 5.84 Å². The molecule has 102 valence electrons. The monoisotopic (exact) mass is 267 g/mol. The van der Waals surface area contributed by atoms with Gasteiger partial charge in [0.15, 0.2) is 0 Å². The first-order chi connectivity index (χ1) is 9.85. The standard InChI is InChI=1S/C15H17N5/c1-2-20-10-9-18-15(20)14(19-16)12-5-3-7-13-11(12)6-4-8-17-13/h3-10,14,19H,2,16H2,1H3. The predicted octanol–water partition coefficient (Wildman–Crippen LogP) is 2.00. The van der Waals surface area contributed by atoms with Gasteiger partial charge in [-0.3, -0.25) is 10.8 Å². The first-order valence-electron chi connectivity index (χ1n) is 6.66. The number of fused-ring (bicyclic) bond motifs is 1. The topological polar surface area (TPSA) is 68.8 Å². The summed E-state index contributed by atoms with van der Waals surface area (Å²) in [7, 11) is 0. The summed E-state index contributed by atoms with van der Waals surface area (Å²) in [6.45, 7) is 2.94. The summed E-state index contributed by atoms with van der Waals surface area (Å²) in [5.41, 5.74) is 4.92. The highest BCUT2D eigenvalue weighted by Crippen LogP contribution is 2.26. The maximum atomic E-state index is 5.79. The van der Waals surface area contributed by atoms with Gasteiger partial charge in [0.2, 0.25) is 0 Å². The van der Waals surface area contributed by atoms with Crippen molar-refractivity contribution < 1.29 is 0 Å². The van der Waals surface area contributed by atoms with Crippen LogP contribution in [0.5, 0.6) is 0 Å². The summed E-state index contributed by atoms with van der Waals surface area (Å²) in [6.07, 6.45) is 5.56. The zero-order valence-electron chi connectivity index (χ0n) is 11.3. The summed E-state index contributed by atoms with van der Waals surface area (Å²) < 4.78 is 2.08. The molecule has 5 heteroatoms. The molecular weight excluding hydrogens is 250 g/mol. The molecule has 0 aliphatic heterocycles. The van der Waals surface area contributed by atoms with Crippen molar-refractivity contribution in [3.8, 4) is 0 Å². The second kappa shape index (κ2) is 5.40. The van der Waals surface area contributed by atoms with Crippen LogP contribution >= 0.6 is 0 Å². The van der Waals surface area contributed by atoms with Gasteiger partial charge in [0.05, 0.1) is 5.52 Å². The van der Waals surface area contributed by atoms with E-state index in [0.717, 1.165) is 28.8 Å². The first kappa shape index (κ1) is 12.8. The highest BCUT2D eigenvalue weighted by Gasteiger charge is 2.19. The van der Waals surface area contributed by atoms with Crippen LogP contribution in [0.25, 0.3) is 10.9 Å². The summed E-state index contributed by atoms with van der Waals surface area (Å²) in [6, 6.07) is 9.89. The van der Waals surface area contributed by atoms with Crippen molar-refractivity contribution >= 4 is 10.9 Å². The number of hydrazine groups is 1. The number of nitrogens with zero attached hydrogens (tertiary/aromatic N) is 3. The molecule has 0 saturated carbocycles. The lowest BCUT2D eigenvalue weighted by molar-refractivity contribution is 0.563. The minimum absolute atomic E-state index is 0.155. The fourth-order valence-electron chi connectivity index (χ4n) is 2.53. The summed E-state index contributed by atoms with van der Waals surface area (Å²) >= 11 is 0. The van der Waals surface area contributed by atoms with Gasteiger partial charge in [0, 0.05) is 30.5 Å². The van der Waals surface area contributed by atoms with Gasteiger partial charge in [-0.1, -0.05) is 18.2 Å². The van der Waals surface area contributed by atoms with Crippen molar-refractivity contribution in [2.45, 2.75) is 19.5 Å². The van der Waals surface area contributed by atoms with Gasteiger partial charge in [0.1, 0.15) is 11.9 Å². The van der Waals surface area contributed by atoms with E-state index in [4.69, 9.17) is 5.84 Å². The average molecular weight is 267 g/mol. The minimum atomic E-state index is -0.155. The van der Waals surface area contributed by atoms with Crippen molar-refractivity contribution in [1.29, 1.82) is 0 Å². The number of aryl methyl sites for hydroxylation is 1. The number of hydrogen-bond acceptors (Lipinski definition) is 4. The second-order valence-corrected chi connectivity index (χ2v) is 4.59. The summed E-state index contributed by atoms with van der Waals surface area (Å²) in [4.78, 5) is 8.83. The lowest BCUT2D eigenvalue weighted by atomic mass is 10.0. The Morgan fingerprint density at radius 3 is 2.90 bits per heavy atom. The molecule has 2 heterocycles. The smallest absolute Gasteiger partial charge is 0.131 e. The Kier molecular flexibility index (Phi) is 3.45. The highest BCUT2D eigenvalue weighted by molar-refractivity contribution is 5.82. The molecule has 3 N–H and O–H groups in total. The third kappa shape index (κ3) is 2.07. The molecule has 5 nitrogen and oxygen atoms in total. The number of hydrogen-bond donors (Lipinski definition) is 2. The Bertz CT molecular complexity index is 714. The fourth-order valence-corrected chi connectivity index (χ4v) is 2.53. The van der Waals surface area contributed by atoms with E-state index in [9.17, 15) is 0 Å². The molecule has 20 heavy (non-hydrogen) atoms. The van der Waals surface area contributed by atoms with E-state index in [1.165, 1.54) is 0 Å². The number of rotatable bonds is 4. The molecule has 0 aliphatic rings. The second-order valence-electron chi connectivity index (χ2n) is 4.59. The molecule has 0 amide bonds. The van der Waals surface area contributed by atoms with Crippen molar-refractivity contribution in [2.75, 3.05) is 0 Å². The molecule has 2 aromatic heterocycles. The van der Waals surface area contributed by atoms with Crippen LogP contribution in [-0.2, 0) is 6.54 Å². The maximum Gasteiger partial charge on any atom is 0.131 e. The molecule has 0 aliphatic carbocycles. The molecule has 0 spiro atoms. The molecular formula is C15H17N5. The number of nitrogens with two attached hydrogens (primary N) is 1. The van der Waals surface area contributed by atoms with E-state index in [0.29, 0.717) is 0 Å². The van der Waals surface area contributed by atoms with Crippen molar-refractivity contribution in [3.63, 3.8) is 0 Å². The molecule has 1 unspecified atom stereocenters. The summed E-state index contributed by atoms with van der Waals surface area (Å²) in [5.74, 6) is 6.70. The van der Waals surface area contributed by atoms with Crippen LogP contribution in [-0.4, -0.2) is 14.5 Å². The van der Waals surface area contributed by atoms with Gasteiger partial charge < -0.3 is 4.57 Å². The van der Waals surface area contributed by atoms with Gasteiger partial charge in [0.25, 0.3) is 0 Å². The van der Waals surface area contributed by atoms with Gasteiger partial charge in [-0.25, -0.2) is 10.4 Å². The number of imidazole rings is 1. The molecule has 0 bridgehead atoms. The third-order valence-electron chi connectivity index (χ3n) is 3.50. The molecule has 1 atom stereocenters. The van der Waals surface area contributed by atoms with Crippen molar-refractivity contribution in [1.82, 2.24) is 20.0 Å². The van der Waals surface area contributed by atoms with Gasteiger partial charge in [-0.15, -0.1) is 0 Å². The van der Waals surface area contributed by atoms with Gasteiger partial charge in [-0.05, 0) is 24.6 Å².